The third kappa shape index (κ3) is 2.76. The lowest BCUT2D eigenvalue weighted by Gasteiger charge is -2.12. The van der Waals surface area contributed by atoms with E-state index in [-0.39, 0.29) is 0 Å². The van der Waals surface area contributed by atoms with Crippen LogP contribution in [0.15, 0.2) is 16.9 Å². The summed E-state index contributed by atoms with van der Waals surface area (Å²) in [7, 11) is 5.31. The molecule has 0 radical (unpaired) electrons. The van der Waals surface area contributed by atoms with Crippen LogP contribution >= 0.6 is 15.9 Å². The minimum Gasteiger partial charge on any atom is -0.463 e. The maximum absolute atomic E-state index is 11.8. The number of halogens is 1. The highest BCUT2D eigenvalue weighted by molar-refractivity contribution is 9.10. The molecule has 7 heteroatoms. The van der Waals surface area contributed by atoms with E-state index in [9.17, 15) is 4.79 Å². The quantitative estimate of drug-likeness (QED) is 0.798. The minimum absolute atomic E-state index is 0.299. The molecule has 0 aliphatic heterocycles. The van der Waals surface area contributed by atoms with Gasteiger partial charge in [-0.05, 0) is 30.0 Å². The molecule has 0 saturated carbocycles. The van der Waals surface area contributed by atoms with E-state index in [1.165, 1.54) is 7.11 Å². The Morgan fingerprint density at radius 2 is 2.21 bits per heavy atom. The SMILES string of the molecule is COC(=O)c1nc2cncc(Br)c2n1CCN(C)C. The van der Waals surface area contributed by atoms with Gasteiger partial charge in [0.1, 0.15) is 5.52 Å². The van der Waals surface area contributed by atoms with Crippen molar-refractivity contribution in [2.45, 2.75) is 6.54 Å². The number of fused-ring (bicyclic) bond motifs is 1. The number of esters is 1. The first-order chi connectivity index (χ1) is 9.04. The zero-order valence-electron chi connectivity index (χ0n) is 11.1. The molecule has 2 rings (SSSR count). The summed E-state index contributed by atoms with van der Waals surface area (Å²) in [4.78, 5) is 22.2. The van der Waals surface area contributed by atoms with Crippen molar-refractivity contribution >= 4 is 32.9 Å². The number of carbonyl (C=O) groups excluding carboxylic acids is 1. The van der Waals surface area contributed by atoms with Gasteiger partial charge in [0.05, 0.1) is 23.3 Å². The van der Waals surface area contributed by atoms with E-state index in [1.807, 2.05) is 23.6 Å². The maximum Gasteiger partial charge on any atom is 0.374 e. The van der Waals surface area contributed by atoms with Gasteiger partial charge in [0.2, 0.25) is 5.82 Å². The average Bonchev–Trinajstić information content (AvgIpc) is 2.75. The first kappa shape index (κ1) is 14.0. The van der Waals surface area contributed by atoms with E-state index in [2.05, 4.69) is 25.9 Å². The lowest BCUT2D eigenvalue weighted by Crippen LogP contribution is -2.21. The summed E-state index contributed by atoms with van der Waals surface area (Å²) in [5.74, 6) is -0.144. The summed E-state index contributed by atoms with van der Waals surface area (Å²) in [5.41, 5.74) is 1.53. The van der Waals surface area contributed by atoms with Crippen LogP contribution < -0.4 is 0 Å². The zero-order chi connectivity index (χ0) is 14.0. The molecule has 2 aromatic rings. The molecule has 0 bridgehead atoms. The summed E-state index contributed by atoms with van der Waals surface area (Å²) >= 11 is 3.45. The summed E-state index contributed by atoms with van der Waals surface area (Å²) in [5, 5.41) is 0. The second kappa shape index (κ2) is 5.66. The van der Waals surface area contributed by atoms with Gasteiger partial charge in [-0.3, -0.25) is 4.98 Å². The van der Waals surface area contributed by atoms with Gasteiger partial charge in [-0.1, -0.05) is 0 Å². The maximum atomic E-state index is 11.8. The second-order valence-electron chi connectivity index (χ2n) is 4.37. The van der Waals surface area contributed by atoms with Crippen molar-refractivity contribution in [2.75, 3.05) is 27.7 Å². The molecule has 0 aliphatic rings. The molecule has 6 nitrogen and oxygen atoms in total. The van der Waals surface area contributed by atoms with Crippen LogP contribution in [-0.2, 0) is 11.3 Å². The van der Waals surface area contributed by atoms with Gasteiger partial charge < -0.3 is 14.2 Å². The van der Waals surface area contributed by atoms with E-state index in [4.69, 9.17) is 4.74 Å². The Bertz CT molecular complexity index is 609. The standard InChI is InChI=1S/C12H15BrN4O2/c1-16(2)4-5-17-10-8(13)6-14-7-9(10)15-11(17)12(18)19-3/h6-7H,4-5H2,1-3H3. The average molecular weight is 327 g/mol. The predicted octanol–water partition coefficient (Wildman–Crippen LogP) is 1.54. The van der Waals surface area contributed by atoms with E-state index in [1.54, 1.807) is 12.4 Å². The fraction of sp³-hybridized carbons (Fsp3) is 0.417. The highest BCUT2D eigenvalue weighted by atomic mass is 79.9. The predicted molar refractivity (Wildman–Crippen MR) is 75.1 cm³/mol. The molecule has 2 heterocycles. The summed E-state index contributed by atoms with van der Waals surface area (Å²) in [6.45, 7) is 1.45. The summed E-state index contributed by atoms with van der Waals surface area (Å²) in [6, 6.07) is 0. The lowest BCUT2D eigenvalue weighted by atomic mass is 10.4. The van der Waals surface area contributed by atoms with Crippen molar-refractivity contribution in [3.05, 3.63) is 22.7 Å². The first-order valence-corrected chi connectivity index (χ1v) is 6.56. The Hall–Kier alpha value is -1.47. The molecule has 102 valence electrons. The van der Waals surface area contributed by atoms with Crippen LogP contribution in [0, 0.1) is 0 Å². The zero-order valence-corrected chi connectivity index (χ0v) is 12.6. The van der Waals surface area contributed by atoms with Crippen molar-refractivity contribution in [1.82, 2.24) is 19.4 Å². The van der Waals surface area contributed by atoms with Gasteiger partial charge in [0, 0.05) is 19.3 Å². The van der Waals surface area contributed by atoms with Crippen LogP contribution in [0.25, 0.3) is 11.0 Å². The molecule has 2 aromatic heterocycles. The van der Waals surface area contributed by atoms with Crippen molar-refractivity contribution in [2.24, 2.45) is 0 Å². The fourth-order valence-corrected chi connectivity index (χ4v) is 2.35. The molecule has 19 heavy (non-hydrogen) atoms. The number of carbonyl (C=O) groups is 1. The number of hydrogen-bond acceptors (Lipinski definition) is 5. The van der Waals surface area contributed by atoms with Crippen LogP contribution in [0.3, 0.4) is 0 Å². The van der Waals surface area contributed by atoms with Crippen LogP contribution in [0.5, 0.6) is 0 Å². The van der Waals surface area contributed by atoms with Crippen molar-refractivity contribution in [3.8, 4) is 0 Å². The van der Waals surface area contributed by atoms with E-state index in [0.717, 1.165) is 16.5 Å². The molecule has 0 atom stereocenters. The van der Waals surface area contributed by atoms with Crippen molar-refractivity contribution in [1.29, 1.82) is 0 Å². The normalized spacial score (nSPS) is 11.2. The number of rotatable bonds is 4. The number of pyridine rings is 1. The Kier molecular flexibility index (Phi) is 4.16. The van der Waals surface area contributed by atoms with Crippen molar-refractivity contribution < 1.29 is 9.53 Å². The Labute approximate surface area is 119 Å². The van der Waals surface area contributed by atoms with Gasteiger partial charge in [0.25, 0.3) is 0 Å². The third-order valence-electron chi connectivity index (χ3n) is 2.74. The molecule has 0 spiro atoms. The van der Waals surface area contributed by atoms with Crippen LogP contribution in [0.4, 0.5) is 0 Å². The summed E-state index contributed by atoms with van der Waals surface area (Å²) < 4.78 is 7.45. The Morgan fingerprint density at radius 1 is 1.47 bits per heavy atom. The summed E-state index contributed by atoms with van der Waals surface area (Å²) in [6.07, 6.45) is 3.33. The van der Waals surface area contributed by atoms with Gasteiger partial charge in [-0.2, -0.15) is 0 Å². The number of imidazole rings is 1. The molecule has 0 aliphatic carbocycles. The molecule has 0 aromatic carbocycles. The number of aromatic nitrogens is 3. The van der Waals surface area contributed by atoms with E-state index >= 15 is 0 Å². The van der Waals surface area contributed by atoms with Gasteiger partial charge in [0.15, 0.2) is 0 Å². The van der Waals surface area contributed by atoms with Gasteiger partial charge in [-0.25, -0.2) is 9.78 Å². The molecular formula is C12H15BrN4O2. The minimum atomic E-state index is -0.443. The monoisotopic (exact) mass is 326 g/mol. The van der Waals surface area contributed by atoms with E-state index in [0.29, 0.717) is 17.9 Å². The molecule has 0 N–H and O–H groups in total. The number of nitrogens with zero attached hydrogens (tertiary/aromatic N) is 4. The van der Waals surface area contributed by atoms with Gasteiger partial charge in [-0.15, -0.1) is 0 Å². The van der Waals surface area contributed by atoms with Crippen LogP contribution in [0.2, 0.25) is 0 Å². The van der Waals surface area contributed by atoms with Gasteiger partial charge >= 0.3 is 5.97 Å². The lowest BCUT2D eigenvalue weighted by molar-refractivity contribution is 0.0581. The highest BCUT2D eigenvalue weighted by Gasteiger charge is 2.19. The topological polar surface area (TPSA) is 60.2 Å². The van der Waals surface area contributed by atoms with Crippen LogP contribution in [-0.4, -0.2) is 53.2 Å². The Balaban J connectivity index is 2.56. The van der Waals surface area contributed by atoms with Crippen LogP contribution in [0.1, 0.15) is 10.6 Å². The number of likely N-dealkylation sites (N-methyl/N-ethyl adjacent to an activating group) is 1. The molecule has 0 saturated heterocycles. The Morgan fingerprint density at radius 3 is 2.84 bits per heavy atom. The highest BCUT2D eigenvalue weighted by Crippen LogP contribution is 2.24. The fourth-order valence-electron chi connectivity index (χ4n) is 1.81. The molecule has 0 amide bonds. The smallest absolute Gasteiger partial charge is 0.374 e. The third-order valence-corrected chi connectivity index (χ3v) is 3.32. The number of methoxy groups -OCH3 is 1. The largest absolute Gasteiger partial charge is 0.463 e. The first-order valence-electron chi connectivity index (χ1n) is 5.77. The molecular weight excluding hydrogens is 312 g/mol. The second-order valence-corrected chi connectivity index (χ2v) is 5.23. The van der Waals surface area contributed by atoms with Crippen molar-refractivity contribution in [3.63, 3.8) is 0 Å². The molecule has 0 fully saturated rings. The molecule has 0 unspecified atom stereocenters. The van der Waals surface area contributed by atoms with E-state index < -0.39 is 5.97 Å². The number of hydrogen-bond donors (Lipinski definition) is 0. The number of ether oxygens (including phenoxy) is 1.